The van der Waals surface area contributed by atoms with Crippen LogP contribution < -0.4 is 0 Å². The van der Waals surface area contributed by atoms with E-state index in [0.717, 1.165) is 96.3 Å². The fraction of sp³-hybridized carbons (Fsp3) is 0.729. The van der Waals surface area contributed by atoms with Crippen molar-refractivity contribution in [3.8, 4) is 0 Å². The van der Waals surface area contributed by atoms with E-state index >= 15 is 0 Å². The SMILES string of the molecule is CC/C=C\C/C=C\C/C=C\C/C=C\C/C=C\C/C=C\CCCCCCCCCCCCCCCCC(=O)OC(COC(=O)CCCCCCC/C=C\CCCCC)COP(=O)(O)OCC[N+](C)(C)C. The number of esters is 2. The molecule has 0 fully saturated rings. The summed E-state index contributed by atoms with van der Waals surface area (Å²) < 4.78 is 34.4. The third kappa shape index (κ3) is 54.4. The molecule has 9 nitrogen and oxygen atoms in total. The summed E-state index contributed by atoms with van der Waals surface area (Å²) in [5.74, 6) is -0.810. The molecule has 0 saturated carbocycles. The highest BCUT2D eigenvalue weighted by molar-refractivity contribution is 7.47. The fourth-order valence-electron chi connectivity index (χ4n) is 7.37. The van der Waals surface area contributed by atoms with Crippen molar-refractivity contribution >= 4 is 19.8 Å². The molecule has 2 unspecified atom stereocenters. The van der Waals surface area contributed by atoms with Crippen LogP contribution in [0.1, 0.15) is 226 Å². The number of phosphoric acid groups is 1. The van der Waals surface area contributed by atoms with Crippen molar-refractivity contribution in [1.82, 2.24) is 0 Å². The van der Waals surface area contributed by atoms with E-state index in [2.05, 4.69) is 98.9 Å². The molecule has 398 valence electrons. The second-order valence-electron chi connectivity index (χ2n) is 19.6. The van der Waals surface area contributed by atoms with Crippen molar-refractivity contribution in [3.05, 3.63) is 85.1 Å². The Morgan fingerprint density at radius 2 is 0.826 bits per heavy atom. The molecule has 0 heterocycles. The summed E-state index contributed by atoms with van der Waals surface area (Å²) in [4.78, 5) is 35.5. The molecule has 0 aliphatic rings. The van der Waals surface area contributed by atoms with E-state index in [1.165, 1.54) is 96.3 Å². The molecule has 0 saturated heterocycles. The van der Waals surface area contributed by atoms with E-state index in [1.807, 2.05) is 21.1 Å². The molecule has 2 atom stereocenters. The molecular weight excluding hydrogens is 882 g/mol. The van der Waals surface area contributed by atoms with Gasteiger partial charge in [0.2, 0.25) is 0 Å². The Hall–Kier alpha value is -2.81. The second-order valence-corrected chi connectivity index (χ2v) is 21.0. The molecule has 0 spiro atoms. The van der Waals surface area contributed by atoms with Gasteiger partial charge in [-0.15, -0.1) is 0 Å². The van der Waals surface area contributed by atoms with Gasteiger partial charge in [-0.1, -0.05) is 208 Å². The van der Waals surface area contributed by atoms with Gasteiger partial charge in [-0.2, -0.15) is 0 Å². The van der Waals surface area contributed by atoms with Crippen LogP contribution >= 0.6 is 7.82 Å². The number of allylic oxidation sites excluding steroid dienone is 14. The Labute approximate surface area is 424 Å². The largest absolute Gasteiger partial charge is 0.472 e. The van der Waals surface area contributed by atoms with E-state index in [4.69, 9.17) is 18.5 Å². The molecule has 0 amide bonds. The standard InChI is InChI=1S/C59H104NO8P/c1-6-8-10-12-14-16-18-20-21-22-23-24-25-26-27-28-29-30-31-32-33-34-35-36-37-38-39-40-42-44-46-48-50-52-59(62)68-57(56-67-69(63,64)66-54-53-60(3,4)5)55-65-58(61)51-49-47-45-43-41-19-17-15-13-11-9-7-2/h8,10,14-17,20-21,23-24,26-27,29-30,57H,6-7,9,11-13,18-19,22,25,28,31-56H2,1-5H3/p+1/b10-8-,16-14-,17-15-,21-20-,24-23-,27-26-,30-29-. The van der Waals surface area contributed by atoms with Crippen LogP contribution in [0.4, 0.5) is 0 Å². The number of nitrogens with zero attached hydrogens (tertiary/aromatic N) is 1. The minimum Gasteiger partial charge on any atom is -0.462 e. The van der Waals surface area contributed by atoms with Crippen LogP contribution in [0.25, 0.3) is 0 Å². The van der Waals surface area contributed by atoms with E-state index < -0.39 is 26.5 Å². The van der Waals surface area contributed by atoms with Gasteiger partial charge in [-0.3, -0.25) is 18.6 Å². The first-order valence-corrected chi connectivity index (χ1v) is 29.3. The zero-order chi connectivity index (χ0) is 50.6. The van der Waals surface area contributed by atoms with Crippen LogP contribution in [0.2, 0.25) is 0 Å². The summed E-state index contributed by atoms with van der Waals surface area (Å²) in [7, 11) is 1.47. The van der Waals surface area contributed by atoms with Crippen LogP contribution in [0.15, 0.2) is 85.1 Å². The average molecular weight is 987 g/mol. The predicted octanol–water partition coefficient (Wildman–Crippen LogP) is 17.1. The van der Waals surface area contributed by atoms with Gasteiger partial charge in [-0.25, -0.2) is 4.57 Å². The van der Waals surface area contributed by atoms with Gasteiger partial charge in [0.15, 0.2) is 6.10 Å². The predicted molar refractivity (Wildman–Crippen MR) is 293 cm³/mol. The maximum atomic E-state index is 12.8. The number of rotatable bonds is 50. The zero-order valence-electron chi connectivity index (χ0n) is 45.0. The Morgan fingerprint density at radius 3 is 1.25 bits per heavy atom. The fourth-order valence-corrected chi connectivity index (χ4v) is 8.11. The van der Waals surface area contributed by atoms with Crippen LogP contribution in [0.5, 0.6) is 0 Å². The smallest absolute Gasteiger partial charge is 0.462 e. The number of carbonyl (C=O) groups excluding carboxylic acids is 2. The monoisotopic (exact) mass is 987 g/mol. The topological polar surface area (TPSA) is 108 Å². The molecule has 1 N–H and O–H groups in total. The number of carbonyl (C=O) groups is 2. The lowest BCUT2D eigenvalue weighted by Gasteiger charge is -2.24. The van der Waals surface area contributed by atoms with Crippen molar-refractivity contribution in [2.45, 2.75) is 232 Å². The van der Waals surface area contributed by atoms with E-state index in [9.17, 15) is 19.0 Å². The molecule has 0 bridgehead atoms. The molecule has 0 aromatic heterocycles. The quantitative estimate of drug-likeness (QED) is 0.0211. The minimum absolute atomic E-state index is 0.0280. The Morgan fingerprint density at radius 1 is 0.464 bits per heavy atom. The van der Waals surface area contributed by atoms with E-state index in [0.29, 0.717) is 17.4 Å². The number of quaternary nitrogens is 1. The van der Waals surface area contributed by atoms with Gasteiger partial charge in [-0.05, 0) is 89.9 Å². The highest BCUT2D eigenvalue weighted by atomic mass is 31.2. The molecular formula is C59H105NO8P+. The third-order valence-electron chi connectivity index (χ3n) is 11.7. The van der Waals surface area contributed by atoms with Crippen LogP contribution in [-0.4, -0.2) is 74.9 Å². The normalized spacial score (nSPS) is 14.0. The van der Waals surface area contributed by atoms with Gasteiger partial charge < -0.3 is 18.9 Å². The first kappa shape index (κ1) is 66.2. The molecule has 0 aliphatic carbocycles. The number of hydrogen-bond acceptors (Lipinski definition) is 7. The van der Waals surface area contributed by atoms with Crippen LogP contribution in [0, 0.1) is 0 Å². The second kappa shape index (κ2) is 50.1. The van der Waals surface area contributed by atoms with Gasteiger partial charge >= 0.3 is 19.8 Å². The van der Waals surface area contributed by atoms with E-state index in [-0.39, 0.29) is 32.0 Å². The number of unbranched alkanes of at least 4 members (excludes halogenated alkanes) is 22. The lowest BCUT2D eigenvalue weighted by Crippen LogP contribution is -2.37. The number of likely N-dealkylation sites (N-methyl/N-ethyl adjacent to an activating group) is 1. The lowest BCUT2D eigenvalue weighted by atomic mass is 10.0. The van der Waals surface area contributed by atoms with Gasteiger partial charge in [0, 0.05) is 12.8 Å². The lowest BCUT2D eigenvalue weighted by molar-refractivity contribution is -0.870. The van der Waals surface area contributed by atoms with E-state index in [1.54, 1.807) is 0 Å². The van der Waals surface area contributed by atoms with Crippen LogP contribution in [0.3, 0.4) is 0 Å². The van der Waals surface area contributed by atoms with Crippen LogP contribution in [-0.2, 0) is 32.7 Å². The van der Waals surface area contributed by atoms with Gasteiger partial charge in [0.05, 0.1) is 27.7 Å². The van der Waals surface area contributed by atoms with Gasteiger partial charge in [0.1, 0.15) is 19.8 Å². The van der Waals surface area contributed by atoms with Crippen molar-refractivity contribution in [2.75, 3.05) is 47.5 Å². The summed E-state index contributed by atoms with van der Waals surface area (Å²) in [5, 5.41) is 0. The highest BCUT2D eigenvalue weighted by Gasteiger charge is 2.27. The van der Waals surface area contributed by atoms with Crippen molar-refractivity contribution < 1.29 is 42.1 Å². The van der Waals surface area contributed by atoms with Crippen molar-refractivity contribution in [2.24, 2.45) is 0 Å². The molecule has 10 heteroatoms. The molecule has 0 aromatic carbocycles. The Bertz CT molecular complexity index is 1440. The zero-order valence-corrected chi connectivity index (χ0v) is 45.9. The molecule has 0 rings (SSSR count). The summed E-state index contributed by atoms with van der Waals surface area (Å²) in [5.41, 5.74) is 0. The minimum atomic E-state index is -4.38. The maximum absolute atomic E-state index is 12.8. The number of hydrogen-bond donors (Lipinski definition) is 1. The number of ether oxygens (including phenoxy) is 2. The summed E-state index contributed by atoms with van der Waals surface area (Å²) >= 11 is 0. The van der Waals surface area contributed by atoms with Crippen molar-refractivity contribution in [3.63, 3.8) is 0 Å². The summed E-state index contributed by atoms with van der Waals surface area (Å²) in [6.07, 6.45) is 66.6. The summed E-state index contributed by atoms with van der Waals surface area (Å²) in [6, 6.07) is 0. The highest BCUT2D eigenvalue weighted by Crippen LogP contribution is 2.43. The number of phosphoric ester groups is 1. The molecule has 69 heavy (non-hydrogen) atoms. The summed E-state index contributed by atoms with van der Waals surface area (Å²) in [6.45, 7) is 4.28. The maximum Gasteiger partial charge on any atom is 0.472 e. The van der Waals surface area contributed by atoms with Gasteiger partial charge in [0.25, 0.3) is 0 Å². The first-order chi connectivity index (χ1) is 33.5. The van der Waals surface area contributed by atoms with Crippen molar-refractivity contribution in [1.29, 1.82) is 0 Å². The Kier molecular flexibility index (Phi) is 48.1. The first-order valence-electron chi connectivity index (χ1n) is 27.8. The molecule has 0 aromatic rings. The average Bonchev–Trinajstić information content (AvgIpc) is 3.31. The third-order valence-corrected chi connectivity index (χ3v) is 12.6. The molecule has 0 radical (unpaired) electrons. The molecule has 0 aliphatic heterocycles. The Balaban J connectivity index is 4.07.